The van der Waals surface area contributed by atoms with Crippen LogP contribution in [0.1, 0.15) is 19.2 Å². The second-order valence-corrected chi connectivity index (χ2v) is 6.28. The van der Waals surface area contributed by atoms with Gasteiger partial charge in [-0.2, -0.15) is 4.98 Å². The second kappa shape index (κ2) is 9.50. The predicted octanol–water partition coefficient (Wildman–Crippen LogP) is 5.10. The van der Waals surface area contributed by atoms with Crippen LogP contribution in [-0.4, -0.2) is 22.6 Å². The quantitative estimate of drug-likeness (QED) is 0.518. The van der Waals surface area contributed by atoms with Crippen LogP contribution in [0.5, 0.6) is 5.88 Å². The van der Waals surface area contributed by atoms with Gasteiger partial charge in [0.25, 0.3) is 0 Å². The van der Waals surface area contributed by atoms with Gasteiger partial charge >= 0.3 is 6.03 Å². The molecule has 0 spiro atoms. The number of carbonyl (C=O) groups excluding carboxylic acids is 1. The third kappa shape index (κ3) is 6.17. The first kappa shape index (κ1) is 20.1. The molecule has 0 unspecified atom stereocenters. The van der Waals surface area contributed by atoms with Gasteiger partial charge in [-0.1, -0.05) is 13.0 Å². The Morgan fingerprint density at radius 2 is 1.72 bits per heavy atom. The number of nitrogens with one attached hydrogen (secondary N) is 3. The summed E-state index contributed by atoms with van der Waals surface area (Å²) in [6.45, 7) is 4.42. The first-order valence-electron chi connectivity index (χ1n) is 9.21. The van der Waals surface area contributed by atoms with Crippen molar-refractivity contribution in [2.45, 2.75) is 20.3 Å². The van der Waals surface area contributed by atoms with Crippen LogP contribution in [0.3, 0.4) is 0 Å². The molecule has 0 radical (unpaired) electrons. The van der Waals surface area contributed by atoms with E-state index in [0.717, 1.165) is 12.1 Å². The lowest BCUT2D eigenvalue weighted by atomic mass is 10.2. The molecular weight excluding hydrogens is 373 g/mol. The van der Waals surface area contributed by atoms with Gasteiger partial charge in [-0.25, -0.2) is 14.2 Å². The number of urea groups is 1. The van der Waals surface area contributed by atoms with Crippen molar-refractivity contribution in [1.29, 1.82) is 0 Å². The molecule has 0 atom stereocenters. The van der Waals surface area contributed by atoms with Crippen molar-refractivity contribution in [3.05, 3.63) is 66.2 Å². The van der Waals surface area contributed by atoms with Crippen molar-refractivity contribution < 1.29 is 13.9 Å². The third-order valence-electron chi connectivity index (χ3n) is 3.77. The summed E-state index contributed by atoms with van der Waals surface area (Å²) in [5.74, 6) is 1.33. The van der Waals surface area contributed by atoms with Crippen LogP contribution < -0.4 is 20.7 Å². The molecule has 0 aliphatic rings. The Hall–Kier alpha value is -3.68. The van der Waals surface area contributed by atoms with Crippen molar-refractivity contribution in [2.75, 3.05) is 22.6 Å². The van der Waals surface area contributed by atoms with Gasteiger partial charge in [-0.15, -0.1) is 0 Å². The molecule has 3 rings (SSSR count). The Balaban J connectivity index is 1.60. The minimum atomic E-state index is -0.458. The van der Waals surface area contributed by atoms with Crippen LogP contribution in [-0.2, 0) is 0 Å². The summed E-state index contributed by atoms with van der Waals surface area (Å²) in [6, 6.07) is 14.1. The molecule has 0 aliphatic carbocycles. The third-order valence-corrected chi connectivity index (χ3v) is 3.77. The Labute approximate surface area is 168 Å². The van der Waals surface area contributed by atoms with E-state index in [9.17, 15) is 9.18 Å². The summed E-state index contributed by atoms with van der Waals surface area (Å²) in [7, 11) is 0. The molecule has 3 aromatic rings. The number of ether oxygens (including phenoxy) is 1. The molecule has 0 fully saturated rings. The van der Waals surface area contributed by atoms with E-state index in [4.69, 9.17) is 4.74 Å². The molecule has 3 N–H and O–H groups in total. The first-order valence-corrected chi connectivity index (χ1v) is 9.21. The zero-order valence-corrected chi connectivity index (χ0v) is 16.2. The lowest BCUT2D eigenvalue weighted by Gasteiger charge is -2.11. The molecule has 2 amide bonds. The average Bonchev–Trinajstić information content (AvgIpc) is 2.67. The molecule has 0 saturated heterocycles. The molecule has 8 heteroatoms. The van der Waals surface area contributed by atoms with Gasteiger partial charge in [0.2, 0.25) is 5.88 Å². The highest BCUT2D eigenvalue weighted by Gasteiger charge is 2.06. The van der Waals surface area contributed by atoms with E-state index in [1.54, 1.807) is 31.2 Å². The van der Waals surface area contributed by atoms with Crippen LogP contribution in [0.2, 0.25) is 0 Å². The van der Waals surface area contributed by atoms with Gasteiger partial charge in [0.1, 0.15) is 17.5 Å². The molecule has 29 heavy (non-hydrogen) atoms. The summed E-state index contributed by atoms with van der Waals surface area (Å²) in [5.41, 5.74) is 1.76. The van der Waals surface area contributed by atoms with E-state index in [-0.39, 0.29) is 0 Å². The summed E-state index contributed by atoms with van der Waals surface area (Å²) in [5, 5.41) is 8.46. The monoisotopic (exact) mass is 395 g/mol. The van der Waals surface area contributed by atoms with Gasteiger partial charge in [0.05, 0.1) is 6.61 Å². The molecule has 0 bridgehead atoms. The maximum absolute atomic E-state index is 13.2. The van der Waals surface area contributed by atoms with Crippen molar-refractivity contribution in [1.82, 2.24) is 9.97 Å². The maximum atomic E-state index is 13.2. The number of hydrogen-bond acceptors (Lipinski definition) is 5. The number of carbonyl (C=O) groups is 1. The molecule has 0 saturated carbocycles. The fourth-order valence-corrected chi connectivity index (χ4v) is 2.53. The van der Waals surface area contributed by atoms with E-state index >= 15 is 0 Å². The number of amides is 2. The Bertz CT molecular complexity index is 979. The molecule has 1 heterocycles. The minimum Gasteiger partial charge on any atom is -0.478 e. The maximum Gasteiger partial charge on any atom is 0.323 e. The summed E-state index contributed by atoms with van der Waals surface area (Å²) < 4.78 is 18.7. The highest BCUT2D eigenvalue weighted by molar-refractivity contribution is 5.99. The Morgan fingerprint density at radius 1 is 1.00 bits per heavy atom. The van der Waals surface area contributed by atoms with Crippen LogP contribution in [0, 0.1) is 12.7 Å². The lowest BCUT2D eigenvalue weighted by molar-refractivity contribution is 0.262. The molecule has 1 aromatic heterocycles. The van der Waals surface area contributed by atoms with Crippen molar-refractivity contribution in [3.8, 4) is 5.88 Å². The standard InChI is InChI=1S/C21H22FN5O2/c1-3-11-29-20-13-19(23-14(2)24-20)25-16-7-9-17(10-8-16)26-21(28)27-18-6-4-5-15(22)12-18/h4-10,12-13H,3,11H2,1-2H3,(H,23,24,25)(H2,26,27,28). The second-order valence-electron chi connectivity index (χ2n) is 6.28. The number of rotatable bonds is 7. The van der Waals surface area contributed by atoms with Crippen LogP contribution in [0.15, 0.2) is 54.6 Å². The predicted molar refractivity (Wildman–Crippen MR) is 111 cm³/mol. The Morgan fingerprint density at radius 3 is 2.45 bits per heavy atom. The van der Waals surface area contributed by atoms with Crippen molar-refractivity contribution in [3.63, 3.8) is 0 Å². The van der Waals surface area contributed by atoms with Crippen molar-refractivity contribution >= 4 is 28.9 Å². The molecule has 7 nitrogen and oxygen atoms in total. The number of benzene rings is 2. The summed E-state index contributed by atoms with van der Waals surface area (Å²) in [4.78, 5) is 20.6. The normalized spacial score (nSPS) is 10.3. The first-order chi connectivity index (χ1) is 14.0. The van der Waals surface area contributed by atoms with E-state index < -0.39 is 11.8 Å². The van der Waals surface area contributed by atoms with Gasteiger partial charge in [0.15, 0.2) is 0 Å². The van der Waals surface area contributed by atoms with E-state index in [2.05, 4.69) is 25.9 Å². The van der Waals surface area contributed by atoms with Gasteiger partial charge in [-0.3, -0.25) is 0 Å². The van der Waals surface area contributed by atoms with E-state index in [1.165, 1.54) is 18.2 Å². The van der Waals surface area contributed by atoms with E-state index in [0.29, 0.717) is 35.5 Å². The number of nitrogens with zero attached hydrogens (tertiary/aromatic N) is 2. The largest absolute Gasteiger partial charge is 0.478 e. The zero-order chi connectivity index (χ0) is 20.6. The Kier molecular flexibility index (Phi) is 6.57. The zero-order valence-electron chi connectivity index (χ0n) is 16.2. The fraction of sp³-hybridized carbons (Fsp3) is 0.190. The number of hydrogen-bond donors (Lipinski definition) is 3. The molecule has 150 valence electrons. The molecule has 2 aromatic carbocycles. The van der Waals surface area contributed by atoms with Gasteiger partial charge in [-0.05, 0) is 55.8 Å². The van der Waals surface area contributed by atoms with Gasteiger partial charge < -0.3 is 20.7 Å². The lowest BCUT2D eigenvalue weighted by Crippen LogP contribution is -2.19. The van der Waals surface area contributed by atoms with E-state index in [1.807, 2.05) is 19.1 Å². The number of aryl methyl sites for hydroxylation is 1. The molecule has 0 aliphatic heterocycles. The summed E-state index contributed by atoms with van der Waals surface area (Å²) >= 11 is 0. The smallest absolute Gasteiger partial charge is 0.323 e. The molecular formula is C21H22FN5O2. The van der Waals surface area contributed by atoms with Crippen molar-refractivity contribution in [2.24, 2.45) is 0 Å². The van der Waals surface area contributed by atoms with Crippen LogP contribution in [0.4, 0.5) is 32.1 Å². The minimum absolute atomic E-state index is 0.376. The topological polar surface area (TPSA) is 88.2 Å². The van der Waals surface area contributed by atoms with Crippen LogP contribution in [0.25, 0.3) is 0 Å². The average molecular weight is 395 g/mol. The van der Waals surface area contributed by atoms with Gasteiger partial charge in [0, 0.05) is 23.1 Å². The highest BCUT2D eigenvalue weighted by Crippen LogP contribution is 2.21. The number of aromatic nitrogens is 2. The SMILES string of the molecule is CCCOc1cc(Nc2ccc(NC(=O)Nc3cccc(F)c3)cc2)nc(C)n1. The summed E-state index contributed by atoms with van der Waals surface area (Å²) in [6.07, 6.45) is 0.896. The number of anilines is 4. The highest BCUT2D eigenvalue weighted by atomic mass is 19.1. The number of halogens is 1. The van der Waals surface area contributed by atoms with Crippen LogP contribution >= 0.6 is 0 Å². The fourth-order valence-electron chi connectivity index (χ4n) is 2.53.